The Balaban J connectivity index is 1.18. The second kappa shape index (κ2) is 9.78. The molecule has 39 heavy (non-hydrogen) atoms. The van der Waals surface area contributed by atoms with Crippen LogP contribution in [0.3, 0.4) is 0 Å². The predicted molar refractivity (Wildman–Crippen MR) is 151 cm³/mol. The number of benzene rings is 3. The number of rotatable bonds is 6. The Labute approximate surface area is 230 Å². The van der Waals surface area contributed by atoms with E-state index < -0.39 is 5.41 Å². The summed E-state index contributed by atoms with van der Waals surface area (Å²) in [6, 6.07) is 22.4. The first-order valence-corrected chi connectivity index (χ1v) is 13.7. The first-order valence-electron chi connectivity index (χ1n) is 12.8. The quantitative estimate of drug-likeness (QED) is 0.303. The maximum Gasteiger partial charge on any atom is 0.255 e. The number of Topliss-reactive ketones (excluding diaryl/α,β-unsaturated/α-hetero) is 1. The van der Waals surface area contributed by atoms with Crippen LogP contribution >= 0.6 is 11.3 Å². The molecule has 7 rings (SSSR count). The Hall–Kier alpha value is -4.30. The number of methoxy groups -OCH3 is 1. The van der Waals surface area contributed by atoms with Gasteiger partial charge in [0.2, 0.25) is 5.91 Å². The van der Waals surface area contributed by atoms with Gasteiger partial charge in [0.05, 0.1) is 18.2 Å². The summed E-state index contributed by atoms with van der Waals surface area (Å²) in [5.41, 5.74) is 4.04. The molecule has 1 fully saturated rings. The highest BCUT2D eigenvalue weighted by Crippen LogP contribution is 2.57. The fourth-order valence-corrected chi connectivity index (χ4v) is 6.52. The molecule has 0 radical (unpaired) electrons. The van der Waals surface area contributed by atoms with E-state index in [0.717, 1.165) is 16.7 Å². The van der Waals surface area contributed by atoms with E-state index in [1.807, 2.05) is 60.8 Å². The second-order valence-electron chi connectivity index (χ2n) is 10.3. The Morgan fingerprint density at radius 1 is 1.00 bits per heavy atom. The minimum Gasteiger partial charge on any atom is -0.497 e. The Kier molecular flexibility index (Phi) is 6.27. The highest BCUT2D eigenvalue weighted by atomic mass is 32.1. The summed E-state index contributed by atoms with van der Waals surface area (Å²) < 4.78 is 5.23. The SMILES string of the molecule is COc1cccc(NC(=O)c2cccc(-c3csc(NC(=O)C4(C)CC5C(=O)CC4c4ccccc45)n3)c2)c1. The zero-order chi connectivity index (χ0) is 27.1. The van der Waals surface area contributed by atoms with E-state index in [2.05, 4.69) is 15.6 Å². The molecule has 8 heteroatoms. The van der Waals surface area contributed by atoms with Crippen LogP contribution < -0.4 is 15.4 Å². The number of anilines is 2. The van der Waals surface area contributed by atoms with Gasteiger partial charge in [0.25, 0.3) is 5.91 Å². The third-order valence-corrected chi connectivity index (χ3v) is 8.69. The van der Waals surface area contributed by atoms with Crippen molar-refractivity contribution in [2.45, 2.75) is 31.6 Å². The van der Waals surface area contributed by atoms with Gasteiger partial charge in [-0.2, -0.15) is 0 Å². The van der Waals surface area contributed by atoms with E-state index >= 15 is 0 Å². The number of nitrogens with zero attached hydrogens (tertiary/aromatic N) is 1. The molecule has 3 atom stereocenters. The first kappa shape index (κ1) is 25.0. The van der Waals surface area contributed by atoms with E-state index in [9.17, 15) is 14.4 Å². The van der Waals surface area contributed by atoms with Crippen LogP contribution in [0, 0.1) is 5.41 Å². The van der Waals surface area contributed by atoms with Crippen LogP contribution in [0.25, 0.3) is 11.3 Å². The van der Waals surface area contributed by atoms with Crippen LogP contribution in [0.15, 0.2) is 78.2 Å². The van der Waals surface area contributed by atoms with Crippen LogP contribution in [-0.2, 0) is 9.59 Å². The third kappa shape index (κ3) is 4.51. The number of ether oxygens (including phenoxy) is 1. The molecule has 7 nitrogen and oxygen atoms in total. The lowest BCUT2D eigenvalue weighted by atomic mass is 9.54. The molecule has 0 saturated heterocycles. The lowest BCUT2D eigenvalue weighted by Crippen LogP contribution is -2.49. The highest BCUT2D eigenvalue weighted by Gasteiger charge is 2.54. The van der Waals surface area contributed by atoms with E-state index in [0.29, 0.717) is 40.7 Å². The van der Waals surface area contributed by atoms with E-state index in [1.54, 1.807) is 31.4 Å². The number of hydrogen-bond donors (Lipinski definition) is 2. The predicted octanol–water partition coefficient (Wildman–Crippen LogP) is 6.26. The molecule has 0 aliphatic heterocycles. The Morgan fingerprint density at radius 3 is 2.62 bits per heavy atom. The molecule has 196 valence electrons. The molecule has 2 amide bonds. The van der Waals surface area contributed by atoms with Crippen molar-refractivity contribution in [2.75, 3.05) is 17.7 Å². The van der Waals surface area contributed by atoms with Gasteiger partial charge in [-0.25, -0.2) is 4.98 Å². The molecular formula is C31H27N3O4S. The highest BCUT2D eigenvalue weighted by molar-refractivity contribution is 7.14. The van der Waals surface area contributed by atoms with Crippen LogP contribution in [-0.4, -0.2) is 29.7 Å². The molecule has 1 aromatic heterocycles. The maximum absolute atomic E-state index is 13.6. The summed E-state index contributed by atoms with van der Waals surface area (Å²) in [6.07, 6.45) is 0.890. The number of ketones is 1. The number of carbonyl (C=O) groups excluding carboxylic acids is 3. The summed E-state index contributed by atoms with van der Waals surface area (Å²) in [7, 11) is 1.58. The lowest BCUT2D eigenvalue weighted by molar-refractivity contribution is -0.134. The van der Waals surface area contributed by atoms with E-state index in [4.69, 9.17) is 4.74 Å². The molecule has 4 aromatic rings. The van der Waals surface area contributed by atoms with Gasteiger partial charge >= 0.3 is 0 Å². The zero-order valence-electron chi connectivity index (χ0n) is 21.6. The van der Waals surface area contributed by atoms with Crippen molar-refractivity contribution in [2.24, 2.45) is 5.41 Å². The number of thiazole rings is 1. The maximum atomic E-state index is 13.6. The van der Waals surface area contributed by atoms with Crippen molar-refractivity contribution < 1.29 is 19.1 Å². The van der Waals surface area contributed by atoms with Crippen molar-refractivity contribution >= 4 is 39.8 Å². The van der Waals surface area contributed by atoms with Gasteiger partial charge in [0, 0.05) is 46.5 Å². The zero-order valence-corrected chi connectivity index (χ0v) is 22.4. The lowest BCUT2D eigenvalue weighted by Gasteiger charge is -2.48. The molecule has 0 spiro atoms. The number of aromatic nitrogens is 1. The molecule has 2 N–H and O–H groups in total. The standard InChI is InChI=1S/C31H27N3O4S/c1-31(16-24-22-11-3-4-12-23(22)25(31)15-27(24)35)29(37)34-30-33-26(17-39-30)18-7-5-8-19(13-18)28(36)32-20-9-6-10-21(14-20)38-2/h3-14,17,24-25H,15-16H2,1-2H3,(H,32,36)(H,33,34,37). The van der Waals surface area contributed by atoms with Crippen LogP contribution in [0.4, 0.5) is 10.8 Å². The fourth-order valence-electron chi connectivity index (χ4n) is 5.81. The summed E-state index contributed by atoms with van der Waals surface area (Å²) in [4.78, 5) is 43.8. The Morgan fingerprint density at radius 2 is 1.79 bits per heavy atom. The van der Waals surface area contributed by atoms with Gasteiger partial charge in [0.15, 0.2) is 5.13 Å². The molecule has 2 bridgehead atoms. The van der Waals surface area contributed by atoms with Crippen LogP contribution in [0.2, 0.25) is 0 Å². The largest absolute Gasteiger partial charge is 0.497 e. The van der Waals surface area contributed by atoms with Crippen LogP contribution in [0.1, 0.15) is 53.1 Å². The third-order valence-electron chi connectivity index (χ3n) is 7.93. The first-order chi connectivity index (χ1) is 18.9. The topological polar surface area (TPSA) is 97.4 Å². The summed E-state index contributed by atoms with van der Waals surface area (Å²) in [6.45, 7) is 1.96. The average molecular weight is 538 g/mol. The van der Waals surface area contributed by atoms with Crippen LogP contribution in [0.5, 0.6) is 5.75 Å². The van der Waals surface area contributed by atoms with Gasteiger partial charge in [-0.15, -0.1) is 11.3 Å². The van der Waals surface area contributed by atoms with Crippen molar-refractivity contribution in [3.63, 3.8) is 0 Å². The average Bonchev–Trinajstić information content (AvgIpc) is 3.43. The fraction of sp³-hybridized carbons (Fsp3) is 0.226. The van der Waals surface area contributed by atoms with Crippen molar-refractivity contribution in [3.05, 3.63) is 94.9 Å². The number of hydrogen-bond acceptors (Lipinski definition) is 6. The normalized spacial score (nSPS) is 21.2. The molecule has 3 aliphatic rings. The minimum absolute atomic E-state index is 0.119. The Bertz CT molecular complexity index is 1610. The molecule has 1 saturated carbocycles. The summed E-state index contributed by atoms with van der Waals surface area (Å²) in [5, 5.41) is 8.26. The van der Waals surface area contributed by atoms with E-state index in [1.165, 1.54) is 11.3 Å². The van der Waals surface area contributed by atoms with Crippen molar-refractivity contribution in [1.82, 2.24) is 4.98 Å². The number of carbonyl (C=O) groups is 3. The van der Waals surface area contributed by atoms with E-state index in [-0.39, 0.29) is 29.4 Å². The molecular weight excluding hydrogens is 510 g/mol. The van der Waals surface area contributed by atoms with Gasteiger partial charge in [-0.05, 0) is 41.8 Å². The summed E-state index contributed by atoms with van der Waals surface area (Å²) in [5.74, 6) is 0.126. The number of nitrogens with one attached hydrogen (secondary N) is 2. The van der Waals surface area contributed by atoms with Crippen molar-refractivity contribution in [1.29, 1.82) is 0 Å². The molecule has 1 heterocycles. The monoisotopic (exact) mass is 537 g/mol. The second-order valence-corrected chi connectivity index (χ2v) is 11.1. The molecule has 3 aliphatic carbocycles. The minimum atomic E-state index is -0.698. The van der Waals surface area contributed by atoms with Gasteiger partial charge in [0.1, 0.15) is 11.5 Å². The smallest absolute Gasteiger partial charge is 0.255 e. The number of amides is 2. The van der Waals surface area contributed by atoms with Gasteiger partial charge in [-0.1, -0.05) is 49.4 Å². The van der Waals surface area contributed by atoms with Gasteiger partial charge in [-0.3, -0.25) is 14.4 Å². The molecule has 3 aromatic carbocycles. The van der Waals surface area contributed by atoms with Crippen molar-refractivity contribution in [3.8, 4) is 17.0 Å². The summed E-state index contributed by atoms with van der Waals surface area (Å²) >= 11 is 1.34. The van der Waals surface area contributed by atoms with Gasteiger partial charge < -0.3 is 15.4 Å². The molecule has 3 unspecified atom stereocenters. The number of fused-ring (bicyclic) bond motifs is 2.